The number of allylic oxidation sites excluding steroid dienone is 5. The van der Waals surface area contributed by atoms with Gasteiger partial charge in [-0.15, -0.1) is 0 Å². The largest absolute Gasteiger partial charge is 0.484 e. The quantitative estimate of drug-likeness (QED) is 0.433. The van der Waals surface area contributed by atoms with Gasteiger partial charge in [0.05, 0.1) is 25.1 Å². The maximum atomic E-state index is 13.5. The number of hydrogen-bond acceptors (Lipinski definition) is 5. The summed E-state index contributed by atoms with van der Waals surface area (Å²) in [7, 11) is 0. The average Bonchev–Trinajstić information content (AvgIpc) is 3.30. The van der Waals surface area contributed by atoms with Gasteiger partial charge >= 0.3 is 0 Å². The maximum Gasteiger partial charge on any atom is 0.258 e. The molecule has 1 saturated heterocycles. The number of nitrogens with zero attached hydrogens (tertiary/aromatic N) is 1. The molecule has 1 N–H and O–H groups in total. The third kappa shape index (κ3) is 5.98. The van der Waals surface area contributed by atoms with Gasteiger partial charge in [-0.25, -0.2) is 0 Å². The first-order valence-electron chi connectivity index (χ1n) is 12.1. The Hall–Kier alpha value is -3.45. The highest BCUT2D eigenvalue weighted by molar-refractivity contribution is 5.85. The van der Waals surface area contributed by atoms with Crippen LogP contribution in [0.4, 0.5) is 0 Å². The van der Waals surface area contributed by atoms with E-state index in [2.05, 4.69) is 5.32 Å². The number of fused-ring (bicyclic) bond motifs is 2. The van der Waals surface area contributed by atoms with E-state index in [1.54, 1.807) is 17.0 Å². The predicted octanol–water partition coefficient (Wildman–Crippen LogP) is 3.60. The highest BCUT2D eigenvalue weighted by Crippen LogP contribution is 2.47. The molecule has 0 aromatic heterocycles. The Bertz CT molecular complexity index is 1010. The van der Waals surface area contributed by atoms with E-state index in [0.29, 0.717) is 12.2 Å². The van der Waals surface area contributed by atoms with Crippen LogP contribution in [0, 0.1) is 11.8 Å². The molecule has 4 atom stereocenters. The van der Waals surface area contributed by atoms with E-state index in [0.717, 1.165) is 12.0 Å². The molecule has 186 valence electrons. The van der Waals surface area contributed by atoms with Crippen molar-refractivity contribution in [2.75, 3.05) is 19.7 Å². The zero-order valence-electron chi connectivity index (χ0n) is 20.6. The van der Waals surface area contributed by atoms with Gasteiger partial charge in [-0.3, -0.25) is 9.59 Å². The Kier molecular flexibility index (Phi) is 9.20. The molecule has 0 radical (unpaired) electrons. The Morgan fingerprint density at radius 2 is 1.97 bits per heavy atom. The highest BCUT2D eigenvalue weighted by atomic mass is 16.5. The van der Waals surface area contributed by atoms with E-state index in [4.69, 9.17) is 9.47 Å². The van der Waals surface area contributed by atoms with Crippen molar-refractivity contribution < 1.29 is 23.9 Å². The van der Waals surface area contributed by atoms with Crippen molar-refractivity contribution in [3.63, 3.8) is 0 Å². The van der Waals surface area contributed by atoms with E-state index in [-0.39, 0.29) is 37.4 Å². The number of nitrogens with one attached hydrogen (secondary N) is 1. The highest BCUT2D eigenvalue weighted by Gasteiger charge is 2.57. The number of carbonyl (C=O) groups is 3. The summed E-state index contributed by atoms with van der Waals surface area (Å²) in [6.45, 7) is 6.09. The van der Waals surface area contributed by atoms with Gasteiger partial charge in [0.2, 0.25) is 5.91 Å². The molecule has 1 aromatic carbocycles. The minimum atomic E-state index is -0.766. The summed E-state index contributed by atoms with van der Waals surface area (Å²) < 4.78 is 11.7. The molecule has 4 unspecified atom stereocenters. The number of aldehydes is 1. The van der Waals surface area contributed by atoms with Crippen LogP contribution in [-0.4, -0.2) is 54.4 Å². The van der Waals surface area contributed by atoms with Crippen LogP contribution in [0.2, 0.25) is 0 Å². The Balaban J connectivity index is 0.00000167. The summed E-state index contributed by atoms with van der Waals surface area (Å²) in [6.07, 6.45) is 14.2. The van der Waals surface area contributed by atoms with Crippen molar-refractivity contribution in [2.45, 2.75) is 38.9 Å². The van der Waals surface area contributed by atoms with Gasteiger partial charge in [-0.1, -0.05) is 75.4 Å². The molecule has 35 heavy (non-hydrogen) atoms. The van der Waals surface area contributed by atoms with Crippen LogP contribution in [0.1, 0.15) is 27.2 Å². The summed E-state index contributed by atoms with van der Waals surface area (Å²) in [5.74, 6) is -0.401. The first-order chi connectivity index (χ1) is 17.0. The van der Waals surface area contributed by atoms with Crippen molar-refractivity contribution in [3.8, 4) is 5.75 Å². The van der Waals surface area contributed by atoms with Gasteiger partial charge in [0.25, 0.3) is 5.91 Å². The number of ether oxygens (including phenoxy) is 2. The topological polar surface area (TPSA) is 84.9 Å². The van der Waals surface area contributed by atoms with E-state index < -0.39 is 17.6 Å². The summed E-state index contributed by atoms with van der Waals surface area (Å²) in [5.41, 5.74) is 0.00852. The predicted molar refractivity (Wildman–Crippen MR) is 134 cm³/mol. The first-order valence-corrected chi connectivity index (χ1v) is 12.1. The molecule has 1 aromatic rings. The lowest BCUT2D eigenvalue weighted by Crippen LogP contribution is -2.48. The number of hydrogen-bond donors (Lipinski definition) is 1. The molecule has 7 heteroatoms. The van der Waals surface area contributed by atoms with Crippen LogP contribution in [0.3, 0.4) is 0 Å². The Morgan fingerprint density at radius 3 is 2.71 bits per heavy atom. The zero-order chi connectivity index (χ0) is 25.3. The molecule has 7 nitrogen and oxygen atoms in total. The van der Waals surface area contributed by atoms with Crippen molar-refractivity contribution in [3.05, 3.63) is 78.6 Å². The van der Waals surface area contributed by atoms with Gasteiger partial charge in [0.15, 0.2) is 6.61 Å². The molecule has 2 aliphatic heterocycles. The molecular weight excluding hydrogens is 444 g/mol. The Labute approximate surface area is 207 Å². The van der Waals surface area contributed by atoms with E-state index >= 15 is 0 Å². The fourth-order valence-electron chi connectivity index (χ4n) is 4.57. The second-order valence-electron chi connectivity index (χ2n) is 8.38. The van der Waals surface area contributed by atoms with Gasteiger partial charge in [-0.05, 0) is 18.2 Å². The number of rotatable bonds is 9. The third-order valence-electron chi connectivity index (χ3n) is 6.39. The van der Waals surface area contributed by atoms with Gasteiger partial charge in [-0.2, -0.15) is 0 Å². The van der Waals surface area contributed by atoms with Crippen molar-refractivity contribution in [2.24, 2.45) is 11.8 Å². The van der Waals surface area contributed by atoms with Crippen LogP contribution in [-0.2, 0) is 19.1 Å². The molecule has 2 amide bonds. The molecule has 0 saturated carbocycles. The van der Waals surface area contributed by atoms with Crippen LogP contribution >= 0.6 is 0 Å². The lowest BCUT2D eigenvalue weighted by Gasteiger charge is -2.33. The summed E-state index contributed by atoms with van der Waals surface area (Å²) in [5, 5.41) is 2.88. The van der Waals surface area contributed by atoms with Crippen LogP contribution < -0.4 is 10.1 Å². The van der Waals surface area contributed by atoms with E-state index in [1.165, 1.54) is 0 Å². The van der Waals surface area contributed by atoms with Gasteiger partial charge < -0.3 is 24.5 Å². The Morgan fingerprint density at radius 1 is 1.20 bits per heavy atom. The molecule has 2 bridgehead atoms. The lowest BCUT2D eigenvalue weighted by molar-refractivity contribution is -0.137. The average molecular weight is 479 g/mol. The fraction of sp³-hybridized carbons (Fsp3) is 0.393. The van der Waals surface area contributed by atoms with Crippen LogP contribution in [0.15, 0.2) is 78.6 Å². The normalized spacial score (nSPS) is 25.7. The fourth-order valence-corrected chi connectivity index (χ4v) is 4.57. The molecule has 0 spiro atoms. The molecule has 2 heterocycles. The molecule has 1 fully saturated rings. The van der Waals surface area contributed by atoms with Crippen LogP contribution in [0.25, 0.3) is 0 Å². The number of carbonyl (C=O) groups excluding carboxylic acids is 3. The lowest BCUT2D eigenvalue weighted by atomic mass is 9.75. The minimum absolute atomic E-state index is 0.00738. The third-order valence-corrected chi connectivity index (χ3v) is 6.39. The number of amides is 2. The molecule has 4 rings (SSSR count). The molecule has 3 aliphatic rings. The number of para-hydroxylation sites is 1. The van der Waals surface area contributed by atoms with Gasteiger partial charge in [0, 0.05) is 18.0 Å². The SMILES string of the molecule is CC.CC1C(C(=O)N(CC=O)C2=CC=CC=CC2)C2C=CC1(CNC(=O)COc1ccccc1)O2. The summed E-state index contributed by atoms with van der Waals surface area (Å²) in [6, 6.07) is 9.13. The van der Waals surface area contributed by atoms with Gasteiger partial charge in [0.1, 0.15) is 17.6 Å². The summed E-state index contributed by atoms with van der Waals surface area (Å²) >= 11 is 0. The second-order valence-corrected chi connectivity index (χ2v) is 8.38. The number of benzene rings is 1. The van der Waals surface area contributed by atoms with Crippen molar-refractivity contribution in [1.82, 2.24) is 10.2 Å². The van der Waals surface area contributed by atoms with E-state index in [9.17, 15) is 14.4 Å². The van der Waals surface area contributed by atoms with Crippen molar-refractivity contribution >= 4 is 18.1 Å². The standard InChI is InChI=1S/C26H28N2O5.C2H6/c1-19-24(25(31)28(15-16-29)20-9-5-2-3-6-10-20)22-13-14-26(19,33-22)18-27-23(30)17-32-21-11-7-4-8-12-21;1-2/h2-9,11-14,16,19,22,24H,10,15,17-18H2,1H3,(H,27,30);1-2H3. The summed E-state index contributed by atoms with van der Waals surface area (Å²) in [4.78, 5) is 38.8. The van der Waals surface area contributed by atoms with Crippen molar-refractivity contribution in [1.29, 1.82) is 0 Å². The van der Waals surface area contributed by atoms with E-state index in [1.807, 2.05) is 81.5 Å². The molecular formula is C28H34N2O5. The monoisotopic (exact) mass is 478 g/mol. The minimum Gasteiger partial charge on any atom is -0.484 e. The molecule has 1 aliphatic carbocycles. The van der Waals surface area contributed by atoms with Crippen LogP contribution in [0.5, 0.6) is 5.75 Å². The zero-order valence-corrected chi connectivity index (χ0v) is 20.6. The maximum absolute atomic E-state index is 13.5. The smallest absolute Gasteiger partial charge is 0.258 e. The second kappa shape index (κ2) is 12.3. The first kappa shape index (κ1) is 26.2.